The minimum absolute atomic E-state index is 0.000847. The molecule has 14 nitrogen and oxygen atoms in total. The molecule has 2 fully saturated rings. The van der Waals surface area contributed by atoms with Gasteiger partial charge in [-0.3, -0.25) is 9.59 Å². The third-order valence-corrected chi connectivity index (χ3v) is 7.30. The molecule has 0 bridgehead atoms. The van der Waals surface area contributed by atoms with Gasteiger partial charge in [-0.25, -0.2) is 9.59 Å². The summed E-state index contributed by atoms with van der Waals surface area (Å²) in [5.74, 6) is -1.77. The molecule has 0 spiro atoms. The summed E-state index contributed by atoms with van der Waals surface area (Å²) in [5.41, 5.74) is 2.23. The molecule has 6 atom stereocenters. The SMILES string of the molecule is CO[C@@H]1O[C@H]2CO[C@H](c3ccccc3)O[C@@H]2[C@@H](OC(=O)CNC(=O)OCc2ccccc2)[C@H]1OC(=O)CNC(=O)OCc1ccccc1. The Morgan fingerprint density at radius 1 is 0.688 bits per heavy atom. The van der Waals surface area contributed by atoms with Gasteiger partial charge in [0.2, 0.25) is 0 Å². The van der Waals surface area contributed by atoms with E-state index in [0.29, 0.717) is 5.56 Å². The normalized spacial score (nSPS) is 23.1. The highest BCUT2D eigenvalue weighted by atomic mass is 16.8. The zero-order valence-corrected chi connectivity index (χ0v) is 26.1. The third-order valence-electron chi connectivity index (χ3n) is 7.30. The fraction of sp³-hybridized carbons (Fsp3) is 0.353. The van der Waals surface area contributed by atoms with Gasteiger partial charge >= 0.3 is 24.1 Å². The van der Waals surface area contributed by atoms with Crippen molar-refractivity contribution in [3.63, 3.8) is 0 Å². The molecule has 0 aromatic heterocycles. The summed E-state index contributed by atoms with van der Waals surface area (Å²) in [6.45, 7) is -1.09. The number of hydrogen-bond donors (Lipinski definition) is 2. The number of fused-ring (bicyclic) bond motifs is 1. The van der Waals surface area contributed by atoms with Gasteiger partial charge in [0.1, 0.15) is 38.5 Å². The molecular formula is C34H36N2O12. The summed E-state index contributed by atoms with van der Waals surface area (Å²) in [6.07, 6.45) is -8.10. The maximum atomic E-state index is 13.1. The van der Waals surface area contributed by atoms with Gasteiger partial charge in [-0.1, -0.05) is 91.0 Å². The predicted octanol–water partition coefficient (Wildman–Crippen LogP) is 3.15. The molecule has 0 saturated carbocycles. The number of rotatable bonds is 12. The number of alkyl carbamates (subject to hydrolysis) is 2. The molecule has 14 heteroatoms. The van der Waals surface area contributed by atoms with Crippen molar-refractivity contribution in [2.24, 2.45) is 0 Å². The first-order valence-electron chi connectivity index (χ1n) is 15.2. The molecule has 5 rings (SSSR count). The Morgan fingerprint density at radius 3 is 1.71 bits per heavy atom. The van der Waals surface area contributed by atoms with Crippen molar-refractivity contribution in [2.45, 2.75) is 50.2 Å². The van der Waals surface area contributed by atoms with Gasteiger partial charge in [0.05, 0.1) is 6.61 Å². The van der Waals surface area contributed by atoms with Crippen LogP contribution >= 0.6 is 0 Å². The Bertz CT molecular complexity index is 1490. The molecule has 2 aliphatic rings. The number of methoxy groups -OCH3 is 1. The Kier molecular flexibility index (Phi) is 12.3. The summed E-state index contributed by atoms with van der Waals surface area (Å²) < 4.78 is 45.3. The number of ether oxygens (including phenoxy) is 8. The van der Waals surface area contributed by atoms with Crippen molar-refractivity contribution in [3.8, 4) is 0 Å². The maximum absolute atomic E-state index is 13.1. The smallest absolute Gasteiger partial charge is 0.407 e. The minimum Gasteiger partial charge on any atom is -0.454 e. The van der Waals surface area contributed by atoms with Crippen LogP contribution < -0.4 is 10.6 Å². The molecule has 0 radical (unpaired) electrons. The van der Waals surface area contributed by atoms with E-state index >= 15 is 0 Å². The van der Waals surface area contributed by atoms with E-state index in [1.165, 1.54) is 7.11 Å². The monoisotopic (exact) mass is 664 g/mol. The lowest BCUT2D eigenvalue weighted by Crippen LogP contribution is -2.64. The number of carbonyl (C=O) groups is 4. The van der Waals surface area contributed by atoms with E-state index < -0.39 is 74.2 Å². The van der Waals surface area contributed by atoms with Gasteiger partial charge in [0.25, 0.3) is 0 Å². The Morgan fingerprint density at radius 2 is 1.19 bits per heavy atom. The van der Waals surface area contributed by atoms with E-state index in [1.54, 1.807) is 60.7 Å². The van der Waals surface area contributed by atoms with Crippen LogP contribution in [0.2, 0.25) is 0 Å². The molecule has 0 aliphatic carbocycles. The van der Waals surface area contributed by atoms with Crippen LogP contribution in [-0.4, -0.2) is 81.6 Å². The second-order valence-corrected chi connectivity index (χ2v) is 10.7. The highest BCUT2D eigenvalue weighted by Crippen LogP contribution is 2.36. The van der Waals surface area contributed by atoms with Crippen molar-refractivity contribution in [1.29, 1.82) is 0 Å². The highest BCUT2D eigenvalue weighted by molar-refractivity contribution is 5.79. The van der Waals surface area contributed by atoms with Crippen molar-refractivity contribution in [3.05, 3.63) is 108 Å². The second kappa shape index (κ2) is 17.2. The number of esters is 2. The molecule has 48 heavy (non-hydrogen) atoms. The fourth-order valence-corrected chi connectivity index (χ4v) is 5.00. The second-order valence-electron chi connectivity index (χ2n) is 10.7. The summed E-state index contributed by atoms with van der Waals surface area (Å²) >= 11 is 0. The molecule has 2 aliphatic heterocycles. The highest BCUT2D eigenvalue weighted by Gasteiger charge is 2.54. The van der Waals surface area contributed by atoms with Crippen molar-refractivity contribution in [2.75, 3.05) is 26.8 Å². The number of amides is 2. The molecule has 3 aromatic carbocycles. The summed E-state index contributed by atoms with van der Waals surface area (Å²) in [6, 6.07) is 27.1. The van der Waals surface area contributed by atoms with Gasteiger partial charge < -0.3 is 48.5 Å². The zero-order chi connectivity index (χ0) is 33.7. The number of benzene rings is 3. The van der Waals surface area contributed by atoms with E-state index in [0.717, 1.165) is 11.1 Å². The lowest BCUT2D eigenvalue weighted by atomic mass is 9.97. The van der Waals surface area contributed by atoms with Crippen LogP contribution in [0, 0.1) is 0 Å². The first-order valence-corrected chi connectivity index (χ1v) is 15.2. The first-order chi connectivity index (χ1) is 23.4. The molecule has 2 amide bonds. The van der Waals surface area contributed by atoms with Gasteiger partial charge in [-0.15, -0.1) is 0 Å². The first kappa shape index (κ1) is 34.3. The molecule has 0 unspecified atom stereocenters. The molecule has 2 heterocycles. The lowest BCUT2D eigenvalue weighted by molar-refractivity contribution is -0.359. The van der Waals surface area contributed by atoms with Crippen LogP contribution in [-0.2, 0) is 60.7 Å². The van der Waals surface area contributed by atoms with Crippen molar-refractivity contribution >= 4 is 24.1 Å². The van der Waals surface area contributed by atoms with Crippen LogP contribution in [0.15, 0.2) is 91.0 Å². The van der Waals surface area contributed by atoms with Gasteiger partial charge in [0.15, 0.2) is 24.8 Å². The molecule has 2 saturated heterocycles. The van der Waals surface area contributed by atoms with Crippen LogP contribution in [0.1, 0.15) is 23.0 Å². The minimum atomic E-state index is -1.34. The lowest BCUT2D eigenvalue weighted by Gasteiger charge is -2.47. The van der Waals surface area contributed by atoms with Crippen molar-refractivity contribution < 1.29 is 57.1 Å². The van der Waals surface area contributed by atoms with Gasteiger partial charge in [-0.05, 0) is 11.1 Å². The molecule has 3 aromatic rings. The average Bonchev–Trinajstić information content (AvgIpc) is 3.13. The Balaban J connectivity index is 1.23. The van der Waals surface area contributed by atoms with Crippen LogP contribution in [0.5, 0.6) is 0 Å². The quantitative estimate of drug-likeness (QED) is 0.215. The van der Waals surface area contributed by atoms with Crippen LogP contribution in [0.4, 0.5) is 9.59 Å². The fourth-order valence-electron chi connectivity index (χ4n) is 5.00. The standard InChI is InChI=1S/C34H36N2O12/c1-41-32-30(47-27(38)18-36-34(40)44-20-23-13-7-3-8-14-23)29(28-25(45-32)21-42-31(48-28)24-15-9-4-10-16-24)46-26(37)17-35-33(39)43-19-22-11-5-2-6-12-22/h2-16,25,28-32H,17-21H2,1H3,(H,35,39)(H,36,40)/t25-,28-,29+,30+,31-,32+/m0/s1. The number of carbonyl (C=O) groups excluding carboxylic acids is 4. The third kappa shape index (κ3) is 9.75. The van der Waals surface area contributed by atoms with E-state index in [-0.39, 0.29) is 19.8 Å². The summed E-state index contributed by atoms with van der Waals surface area (Å²) in [4.78, 5) is 50.5. The van der Waals surface area contributed by atoms with E-state index in [1.807, 2.05) is 30.3 Å². The van der Waals surface area contributed by atoms with E-state index in [9.17, 15) is 19.2 Å². The number of nitrogens with one attached hydrogen (secondary N) is 2. The van der Waals surface area contributed by atoms with Gasteiger partial charge in [0, 0.05) is 12.7 Å². The van der Waals surface area contributed by atoms with Crippen molar-refractivity contribution in [1.82, 2.24) is 10.6 Å². The van der Waals surface area contributed by atoms with Crippen LogP contribution in [0.25, 0.3) is 0 Å². The largest absolute Gasteiger partial charge is 0.454 e. The average molecular weight is 665 g/mol. The number of hydrogen-bond acceptors (Lipinski definition) is 12. The summed E-state index contributed by atoms with van der Waals surface area (Å²) in [5, 5.41) is 4.69. The maximum Gasteiger partial charge on any atom is 0.407 e. The predicted molar refractivity (Wildman–Crippen MR) is 165 cm³/mol. The Labute approximate surface area is 276 Å². The molecular weight excluding hydrogens is 628 g/mol. The topological polar surface area (TPSA) is 166 Å². The molecule has 254 valence electrons. The Hall–Kier alpha value is -5.02. The summed E-state index contributed by atoms with van der Waals surface area (Å²) in [7, 11) is 1.32. The van der Waals surface area contributed by atoms with E-state index in [2.05, 4.69) is 10.6 Å². The van der Waals surface area contributed by atoms with Gasteiger partial charge in [-0.2, -0.15) is 0 Å². The molecule has 2 N–H and O–H groups in total. The zero-order valence-electron chi connectivity index (χ0n) is 26.1. The van der Waals surface area contributed by atoms with E-state index in [4.69, 9.17) is 37.9 Å². The van der Waals surface area contributed by atoms with Crippen LogP contribution in [0.3, 0.4) is 0 Å².